The van der Waals surface area contributed by atoms with Crippen LogP contribution < -0.4 is 5.32 Å². The monoisotopic (exact) mass is 272 g/mol. The van der Waals surface area contributed by atoms with E-state index in [0.29, 0.717) is 0 Å². The molecule has 0 heterocycles. The highest BCUT2D eigenvalue weighted by Crippen LogP contribution is 2.06. The van der Waals surface area contributed by atoms with E-state index in [2.05, 4.69) is 17.1 Å². The Morgan fingerprint density at radius 1 is 1.21 bits per heavy atom. The summed E-state index contributed by atoms with van der Waals surface area (Å²) in [6.07, 6.45) is 2.12. The highest BCUT2D eigenvalue weighted by Gasteiger charge is 2.27. The zero-order chi connectivity index (χ0) is 15.0. The third kappa shape index (κ3) is 6.05. The van der Waals surface area contributed by atoms with Crippen molar-refractivity contribution in [3.8, 4) is 0 Å². The van der Waals surface area contributed by atoms with Crippen LogP contribution in [0.4, 0.5) is 0 Å². The van der Waals surface area contributed by atoms with Crippen molar-refractivity contribution in [3.63, 3.8) is 0 Å². The van der Waals surface area contributed by atoms with Crippen LogP contribution in [0.1, 0.15) is 47.5 Å². The van der Waals surface area contributed by atoms with E-state index in [9.17, 15) is 9.59 Å². The largest absolute Gasteiger partial charge is 0.480 e. The molecule has 19 heavy (non-hydrogen) atoms. The summed E-state index contributed by atoms with van der Waals surface area (Å²) in [5.41, 5.74) is 0. The minimum Gasteiger partial charge on any atom is -0.480 e. The Balaban J connectivity index is 4.56. The van der Waals surface area contributed by atoms with Crippen molar-refractivity contribution < 1.29 is 14.7 Å². The van der Waals surface area contributed by atoms with Gasteiger partial charge in [0.1, 0.15) is 6.04 Å². The predicted molar refractivity (Wildman–Crippen MR) is 76.0 cm³/mol. The molecule has 0 rings (SSSR count). The van der Waals surface area contributed by atoms with Crippen LogP contribution in [0.25, 0.3) is 0 Å². The highest BCUT2D eigenvalue weighted by atomic mass is 16.4. The lowest BCUT2D eigenvalue weighted by molar-refractivity contribution is -0.143. The maximum absolute atomic E-state index is 12.1. The quantitative estimate of drug-likeness (QED) is 0.670. The first-order chi connectivity index (χ1) is 8.84. The number of rotatable bonds is 9. The Bertz CT molecular complexity index is 292. The second kappa shape index (κ2) is 8.91. The number of carbonyl (C=O) groups is 2. The Labute approximate surface area is 116 Å². The van der Waals surface area contributed by atoms with E-state index in [-0.39, 0.29) is 17.9 Å². The number of carboxylic acid groups (broad SMARTS) is 1. The molecule has 0 radical (unpaired) electrons. The van der Waals surface area contributed by atoms with E-state index in [0.717, 1.165) is 25.9 Å². The van der Waals surface area contributed by atoms with Crippen LogP contribution in [0.15, 0.2) is 0 Å². The SMILES string of the molecule is CCCCN(CC)C(C)C(=O)NC(C(=O)O)C(C)C. The maximum atomic E-state index is 12.1. The van der Waals surface area contributed by atoms with E-state index in [1.54, 1.807) is 13.8 Å². The summed E-state index contributed by atoms with van der Waals surface area (Å²) < 4.78 is 0. The van der Waals surface area contributed by atoms with Crippen LogP contribution in [0, 0.1) is 5.92 Å². The normalized spacial score (nSPS) is 14.5. The van der Waals surface area contributed by atoms with Crippen LogP contribution in [-0.2, 0) is 9.59 Å². The van der Waals surface area contributed by atoms with Gasteiger partial charge in [-0.25, -0.2) is 4.79 Å². The first-order valence-electron chi connectivity index (χ1n) is 7.12. The molecule has 0 aromatic rings. The van der Waals surface area contributed by atoms with Crippen molar-refractivity contribution in [3.05, 3.63) is 0 Å². The second-order valence-electron chi connectivity index (χ2n) is 5.23. The molecule has 2 atom stereocenters. The van der Waals surface area contributed by atoms with Crippen molar-refractivity contribution in [2.45, 2.75) is 59.5 Å². The molecule has 0 saturated carbocycles. The number of carbonyl (C=O) groups excluding carboxylic acids is 1. The zero-order valence-electron chi connectivity index (χ0n) is 12.8. The summed E-state index contributed by atoms with van der Waals surface area (Å²) in [6.45, 7) is 11.2. The van der Waals surface area contributed by atoms with Gasteiger partial charge in [-0.05, 0) is 32.4 Å². The molecular weight excluding hydrogens is 244 g/mol. The number of nitrogens with one attached hydrogen (secondary N) is 1. The van der Waals surface area contributed by atoms with Crippen molar-refractivity contribution in [1.82, 2.24) is 10.2 Å². The van der Waals surface area contributed by atoms with Gasteiger partial charge in [0, 0.05) is 0 Å². The molecule has 0 aliphatic rings. The van der Waals surface area contributed by atoms with Gasteiger partial charge in [-0.2, -0.15) is 0 Å². The molecule has 2 N–H and O–H groups in total. The van der Waals surface area contributed by atoms with Gasteiger partial charge in [-0.1, -0.05) is 34.1 Å². The summed E-state index contributed by atoms with van der Waals surface area (Å²) in [5, 5.41) is 11.7. The number of unbranched alkanes of at least 4 members (excludes halogenated alkanes) is 1. The van der Waals surface area contributed by atoms with Gasteiger partial charge in [0.25, 0.3) is 0 Å². The number of carboxylic acids is 1. The molecule has 0 bridgehead atoms. The number of hydrogen-bond acceptors (Lipinski definition) is 3. The lowest BCUT2D eigenvalue weighted by atomic mass is 10.0. The minimum absolute atomic E-state index is 0.126. The molecule has 0 spiro atoms. The number of aliphatic carboxylic acids is 1. The minimum atomic E-state index is -0.979. The van der Waals surface area contributed by atoms with Crippen LogP contribution in [0.3, 0.4) is 0 Å². The van der Waals surface area contributed by atoms with Crippen LogP contribution >= 0.6 is 0 Å². The third-order valence-corrected chi connectivity index (χ3v) is 3.36. The first kappa shape index (κ1) is 17.9. The molecule has 112 valence electrons. The topological polar surface area (TPSA) is 69.6 Å². The van der Waals surface area contributed by atoms with E-state index in [1.165, 1.54) is 0 Å². The molecule has 0 aromatic carbocycles. The Kier molecular flexibility index (Phi) is 8.39. The number of amides is 1. The summed E-state index contributed by atoms with van der Waals surface area (Å²) in [4.78, 5) is 25.3. The Hall–Kier alpha value is -1.10. The van der Waals surface area contributed by atoms with E-state index in [4.69, 9.17) is 5.11 Å². The molecular formula is C14H28N2O3. The molecule has 5 heteroatoms. The van der Waals surface area contributed by atoms with E-state index < -0.39 is 12.0 Å². The average molecular weight is 272 g/mol. The molecule has 0 aromatic heterocycles. The van der Waals surface area contributed by atoms with Gasteiger partial charge in [0.15, 0.2) is 0 Å². The van der Waals surface area contributed by atoms with Gasteiger partial charge in [0.05, 0.1) is 6.04 Å². The number of nitrogens with zero attached hydrogens (tertiary/aromatic N) is 1. The Morgan fingerprint density at radius 3 is 2.16 bits per heavy atom. The second-order valence-corrected chi connectivity index (χ2v) is 5.23. The van der Waals surface area contributed by atoms with Gasteiger partial charge >= 0.3 is 5.97 Å². The standard InChI is InChI=1S/C14H28N2O3/c1-6-8-9-16(7-2)11(5)13(17)15-12(10(3)4)14(18)19/h10-12H,6-9H2,1-5H3,(H,15,17)(H,18,19). The number of hydrogen-bond donors (Lipinski definition) is 2. The molecule has 2 unspecified atom stereocenters. The van der Waals surface area contributed by atoms with Crippen LogP contribution in [0.2, 0.25) is 0 Å². The third-order valence-electron chi connectivity index (χ3n) is 3.36. The number of likely N-dealkylation sites (N-methyl/N-ethyl adjacent to an activating group) is 1. The van der Waals surface area contributed by atoms with E-state index >= 15 is 0 Å². The fourth-order valence-corrected chi connectivity index (χ4v) is 1.94. The molecule has 0 fully saturated rings. The first-order valence-corrected chi connectivity index (χ1v) is 7.12. The van der Waals surface area contributed by atoms with Gasteiger partial charge in [-0.15, -0.1) is 0 Å². The fourth-order valence-electron chi connectivity index (χ4n) is 1.94. The molecule has 5 nitrogen and oxygen atoms in total. The fraction of sp³-hybridized carbons (Fsp3) is 0.857. The van der Waals surface area contributed by atoms with Crippen molar-refractivity contribution in [2.75, 3.05) is 13.1 Å². The molecule has 0 saturated heterocycles. The molecule has 1 amide bonds. The van der Waals surface area contributed by atoms with Gasteiger partial charge in [0.2, 0.25) is 5.91 Å². The summed E-state index contributed by atoms with van der Waals surface area (Å²) in [7, 11) is 0. The van der Waals surface area contributed by atoms with Crippen molar-refractivity contribution in [2.24, 2.45) is 5.92 Å². The Morgan fingerprint density at radius 2 is 1.79 bits per heavy atom. The summed E-state index contributed by atoms with van der Waals surface area (Å²) >= 11 is 0. The maximum Gasteiger partial charge on any atom is 0.326 e. The van der Waals surface area contributed by atoms with E-state index in [1.807, 2.05) is 13.8 Å². The van der Waals surface area contributed by atoms with Crippen LogP contribution in [-0.4, -0.2) is 47.1 Å². The van der Waals surface area contributed by atoms with Crippen molar-refractivity contribution >= 4 is 11.9 Å². The zero-order valence-corrected chi connectivity index (χ0v) is 12.8. The average Bonchev–Trinajstić information content (AvgIpc) is 2.35. The van der Waals surface area contributed by atoms with Crippen LogP contribution in [0.5, 0.6) is 0 Å². The lowest BCUT2D eigenvalue weighted by Crippen LogP contribution is -2.52. The molecule has 0 aliphatic carbocycles. The van der Waals surface area contributed by atoms with Gasteiger partial charge < -0.3 is 10.4 Å². The summed E-state index contributed by atoms with van der Waals surface area (Å²) in [6, 6.07) is -1.11. The predicted octanol–water partition coefficient (Wildman–Crippen LogP) is 1.72. The van der Waals surface area contributed by atoms with Gasteiger partial charge in [-0.3, -0.25) is 9.69 Å². The smallest absolute Gasteiger partial charge is 0.326 e. The summed E-state index contributed by atoms with van der Waals surface area (Å²) in [5.74, 6) is -1.31. The molecule has 0 aliphatic heterocycles. The van der Waals surface area contributed by atoms with Crippen molar-refractivity contribution in [1.29, 1.82) is 0 Å². The lowest BCUT2D eigenvalue weighted by Gasteiger charge is -2.28. The highest BCUT2D eigenvalue weighted by molar-refractivity contribution is 5.86.